The molecule has 0 aliphatic rings. The number of rotatable bonds is 11. The predicted molar refractivity (Wildman–Crippen MR) is 255 cm³/mol. The van der Waals surface area contributed by atoms with Crippen LogP contribution in [-0.4, -0.2) is 26.9 Å². The van der Waals surface area contributed by atoms with E-state index in [2.05, 4.69) is 36.4 Å². The van der Waals surface area contributed by atoms with E-state index in [1.54, 1.807) is 6.07 Å². The molecule has 2 heterocycles. The third-order valence-corrected chi connectivity index (χ3v) is 12.7. The Hall–Kier alpha value is -7.78. The van der Waals surface area contributed by atoms with Crippen molar-refractivity contribution in [2.75, 3.05) is 0 Å². The zero-order valence-electron chi connectivity index (χ0n) is 35.9. The molecule has 1 unspecified atom stereocenters. The van der Waals surface area contributed by atoms with Gasteiger partial charge in [-0.2, -0.15) is 26.3 Å². The van der Waals surface area contributed by atoms with Gasteiger partial charge < -0.3 is 4.57 Å². The molecule has 10 rings (SSSR count). The van der Waals surface area contributed by atoms with Crippen molar-refractivity contribution in [3.63, 3.8) is 0 Å². The Kier molecular flexibility index (Phi) is 11.3. The first-order valence-electron chi connectivity index (χ1n) is 21.9. The van der Waals surface area contributed by atoms with E-state index in [0.717, 1.165) is 70.0 Å². The van der Waals surface area contributed by atoms with E-state index in [4.69, 9.17) is 9.97 Å². The van der Waals surface area contributed by atoms with Crippen molar-refractivity contribution in [2.24, 2.45) is 0 Å². The number of benzene rings is 8. The van der Waals surface area contributed by atoms with Crippen molar-refractivity contribution in [2.45, 2.75) is 36.5 Å². The van der Waals surface area contributed by atoms with Gasteiger partial charge in [0.05, 0.1) is 22.4 Å². The molecule has 8 aromatic carbocycles. The number of hydrogen-bond acceptors (Lipinski definition) is 2. The molecular formula is C58H41F6N3. The van der Waals surface area contributed by atoms with Gasteiger partial charge in [0.15, 0.2) is 5.82 Å². The van der Waals surface area contributed by atoms with Crippen LogP contribution in [0, 0.1) is 0 Å². The SMILES string of the molecule is FC(F)(F)C(c1ccc(-c2cc(-c3ccccc3)nc(-c3ccccc3)n2)cc1)(c1ccc(-n2c3ccccc3c3cc(CC(Cc4ccccc4)c4ccccc4)ccc32)cc1)C(F)(F)F. The highest BCUT2D eigenvalue weighted by Gasteiger charge is 2.72. The molecule has 3 nitrogen and oxygen atoms in total. The van der Waals surface area contributed by atoms with Gasteiger partial charge in [-0.05, 0) is 83.0 Å². The van der Waals surface area contributed by atoms with Crippen molar-refractivity contribution >= 4 is 21.8 Å². The molecule has 0 saturated heterocycles. The fourth-order valence-corrected chi connectivity index (χ4v) is 9.44. The maximum atomic E-state index is 15.6. The molecule has 10 aromatic rings. The second-order valence-corrected chi connectivity index (χ2v) is 16.8. The summed E-state index contributed by atoms with van der Waals surface area (Å²) in [7, 11) is 0. The highest BCUT2D eigenvalue weighted by atomic mass is 19.4. The fourth-order valence-electron chi connectivity index (χ4n) is 9.44. The first-order valence-corrected chi connectivity index (χ1v) is 21.9. The summed E-state index contributed by atoms with van der Waals surface area (Å²) >= 11 is 0. The van der Waals surface area contributed by atoms with Crippen LogP contribution in [0.3, 0.4) is 0 Å². The van der Waals surface area contributed by atoms with Crippen LogP contribution in [0.5, 0.6) is 0 Å². The molecule has 0 radical (unpaired) electrons. The minimum atomic E-state index is -5.77. The van der Waals surface area contributed by atoms with Crippen LogP contribution in [0.2, 0.25) is 0 Å². The molecule has 1 atom stereocenters. The van der Waals surface area contributed by atoms with Crippen LogP contribution >= 0.6 is 0 Å². The summed E-state index contributed by atoms with van der Waals surface area (Å²) < 4.78 is 95.2. The van der Waals surface area contributed by atoms with Gasteiger partial charge in [0, 0.05) is 33.2 Å². The molecule has 330 valence electrons. The Balaban J connectivity index is 1.02. The number of fused-ring (bicyclic) bond motifs is 3. The van der Waals surface area contributed by atoms with E-state index >= 15 is 26.3 Å². The molecule has 0 amide bonds. The monoisotopic (exact) mass is 893 g/mol. The van der Waals surface area contributed by atoms with Gasteiger partial charge >= 0.3 is 12.4 Å². The first-order chi connectivity index (χ1) is 32.5. The second kappa shape index (κ2) is 17.5. The van der Waals surface area contributed by atoms with Crippen LogP contribution in [0.25, 0.3) is 61.4 Å². The maximum Gasteiger partial charge on any atom is 0.411 e. The van der Waals surface area contributed by atoms with Crippen LogP contribution in [0.15, 0.2) is 218 Å². The summed E-state index contributed by atoms with van der Waals surface area (Å²) in [5.41, 5.74) is 1.97. The number of hydrogen-bond donors (Lipinski definition) is 0. The van der Waals surface area contributed by atoms with E-state index < -0.39 is 28.9 Å². The number of aromatic nitrogens is 3. The number of halogens is 6. The Morgan fingerprint density at radius 1 is 0.403 bits per heavy atom. The fraction of sp³-hybridized carbons (Fsp3) is 0.103. The highest BCUT2D eigenvalue weighted by Crippen LogP contribution is 2.56. The summed E-state index contributed by atoms with van der Waals surface area (Å²) in [6, 6.07) is 63.7. The Bertz CT molecular complexity index is 3220. The molecule has 0 saturated carbocycles. The van der Waals surface area contributed by atoms with Gasteiger partial charge in [-0.15, -0.1) is 0 Å². The summed E-state index contributed by atoms with van der Waals surface area (Å²) in [6.45, 7) is 0. The summed E-state index contributed by atoms with van der Waals surface area (Å²) in [5.74, 6) is 0.549. The van der Waals surface area contributed by atoms with Gasteiger partial charge in [-0.1, -0.05) is 182 Å². The molecule has 2 aromatic heterocycles. The summed E-state index contributed by atoms with van der Waals surface area (Å²) in [6.07, 6.45) is -9.95. The average molecular weight is 894 g/mol. The largest absolute Gasteiger partial charge is 0.411 e. The van der Waals surface area contributed by atoms with Gasteiger partial charge in [0.1, 0.15) is 0 Å². The second-order valence-electron chi connectivity index (χ2n) is 16.8. The molecule has 0 aliphatic carbocycles. The van der Waals surface area contributed by atoms with E-state index in [1.165, 1.54) is 35.4 Å². The van der Waals surface area contributed by atoms with Crippen molar-refractivity contribution in [3.05, 3.63) is 246 Å². The maximum absolute atomic E-state index is 15.6. The lowest BCUT2D eigenvalue weighted by Gasteiger charge is -2.38. The van der Waals surface area contributed by atoms with Gasteiger partial charge in [0.2, 0.25) is 5.41 Å². The van der Waals surface area contributed by atoms with Gasteiger partial charge in [-0.3, -0.25) is 0 Å². The Morgan fingerprint density at radius 3 is 1.48 bits per heavy atom. The molecule has 0 N–H and O–H groups in total. The van der Waals surface area contributed by atoms with E-state index in [0.29, 0.717) is 34.0 Å². The average Bonchev–Trinajstić information content (AvgIpc) is 3.68. The Morgan fingerprint density at radius 2 is 0.881 bits per heavy atom. The lowest BCUT2D eigenvalue weighted by atomic mass is 9.72. The van der Waals surface area contributed by atoms with E-state index in [1.807, 2.05) is 132 Å². The van der Waals surface area contributed by atoms with Crippen LogP contribution in [0.4, 0.5) is 26.3 Å². The molecule has 0 spiro atoms. The molecule has 0 aliphatic heterocycles. The smallest absolute Gasteiger partial charge is 0.309 e. The lowest BCUT2D eigenvalue weighted by Crippen LogP contribution is -2.54. The third kappa shape index (κ3) is 8.15. The molecular weight excluding hydrogens is 853 g/mol. The zero-order valence-corrected chi connectivity index (χ0v) is 35.9. The number of nitrogens with zero attached hydrogens (tertiary/aromatic N) is 3. The van der Waals surface area contributed by atoms with Crippen molar-refractivity contribution < 1.29 is 26.3 Å². The quantitative estimate of drug-likeness (QED) is 0.121. The van der Waals surface area contributed by atoms with E-state index in [-0.39, 0.29) is 5.92 Å². The predicted octanol–water partition coefficient (Wildman–Crippen LogP) is 15.6. The van der Waals surface area contributed by atoms with Crippen molar-refractivity contribution in [1.82, 2.24) is 14.5 Å². The van der Waals surface area contributed by atoms with Gasteiger partial charge in [0.25, 0.3) is 0 Å². The topological polar surface area (TPSA) is 30.7 Å². The third-order valence-electron chi connectivity index (χ3n) is 12.7. The lowest BCUT2D eigenvalue weighted by molar-refractivity contribution is -0.288. The Labute approximate surface area is 383 Å². The summed E-state index contributed by atoms with van der Waals surface area (Å²) in [4.78, 5) is 9.46. The zero-order chi connectivity index (χ0) is 46.2. The first kappa shape index (κ1) is 43.1. The normalized spacial score (nSPS) is 12.7. The minimum Gasteiger partial charge on any atom is -0.309 e. The van der Waals surface area contributed by atoms with Crippen molar-refractivity contribution in [1.29, 1.82) is 0 Å². The van der Waals surface area contributed by atoms with Crippen LogP contribution < -0.4 is 0 Å². The standard InChI is InChI=1S/C58H41F6N3/c59-57(60,61)56(58(62,63)64,46-28-26-43(27-29-46)52-38-51(42-19-9-3-10-20-42)65-55(66-52)44-21-11-4-12-22-44)47-30-32-48(33-31-47)67-53-24-14-13-23-49(53)50-37-40(25-34-54(50)67)36-45(41-17-7-2-8-18-41)35-39-15-5-1-6-16-39/h1-34,37-38,45H,35-36H2. The van der Waals surface area contributed by atoms with Gasteiger partial charge in [-0.25, -0.2) is 9.97 Å². The minimum absolute atomic E-state index is 0.188. The molecule has 9 heteroatoms. The van der Waals surface area contributed by atoms with E-state index in [9.17, 15) is 0 Å². The summed E-state index contributed by atoms with van der Waals surface area (Å²) in [5, 5.41) is 1.84. The van der Waals surface area contributed by atoms with Crippen LogP contribution in [0.1, 0.15) is 33.7 Å². The molecule has 67 heavy (non-hydrogen) atoms. The number of para-hydroxylation sites is 1. The number of alkyl halides is 6. The highest BCUT2D eigenvalue weighted by molar-refractivity contribution is 6.09. The molecule has 0 bridgehead atoms. The van der Waals surface area contributed by atoms with Crippen molar-refractivity contribution in [3.8, 4) is 39.6 Å². The molecule has 0 fully saturated rings. The van der Waals surface area contributed by atoms with Crippen LogP contribution in [-0.2, 0) is 18.3 Å².